The summed E-state index contributed by atoms with van der Waals surface area (Å²) in [4.78, 5) is 48.5. The molecule has 0 saturated carbocycles. The number of rotatable bonds is 10. The molecule has 332 valence electrons. The van der Waals surface area contributed by atoms with Crippen LogP contribution in [0, 0.1) is 23.0 Å². The molecule has 1 unspecified atom stereocenters. The van der Waals surface area contributed by atoms with Crippen LogP contribution in [0.3, 0.4) is 0 Å². The molecule has 0 spiro atoms. The number of aromatic nitrogens is 4. The number of benzene rings is 3. The maximum absolute atomic E-state index is 15.8. The molecule has 2 atom stereocenters. The summed E-state index contributed by atoms with van der Waals surface area (Å²) in [6, 6.07) is 10.9. The highest BCUT2D eigenvalue weighted by molar-refractivity contribution is 7.90. The summed E-state index contributed by atoms with van der Waals surface area (Å²) in [5.74, 6) is -1.83. The topological polar surface area (TPSA) is 200 Å². The molecule has 21 heteroatoms. The lowest BCUT2D eigenvalue weighted by molar-refractivity contribution is -0.120. The summed E-state index contributed by atoms with van der Waals surface area (Å²) in [5.41, 5.74) is 0.624. The lowest BCUT2D eigenvalue weighted by atomic mass is 10.0. The van der Waals surface area contributed by atoms with Gasteiger partial charge >= 0.3 is 16.2 Å². The van der Waals surface area contributed by atoms with Gasteiger partial charge < -0.3 is 14.4 Å². The van der Waals surface area contributed by atoms with E-state index >= 15 is 8.78 Å². The number of halogens is 2. The molecule has 0 bridgehead atoms. The average Bonchev–Trinajstić information content (AvgIpc) is 3.64. The molecule has 2 N–H and O–H groups in total. The molecule has 3 aromatic carbocycles. The van der Waals surface area contributed by atoms with Crippen LogP contribution in [0.2, 0.25) is 0 Å². The van der Waals surface area contributed by atoms with E-state index in [0.717, 1.165) is 35.7 Å². The molecule has 5 aromatic rings. The van der Waals surface area contributed by atoms with E-state index in [1.165, 1.54) is 36.5 Å². The lowest BCUT2D eigenvalue weighted by Crippen LogP contribution is -2.50. The van der Waals surface area contributed by atoms with Gasteiger partial charge in [-0.1, -0.05) is 6.92 Å². The fraction of sp³-hybridized carbons (Fsp3) is 0.429. The second-order valence-corrected chi connectivity index (χ2v) is 17.6. The van der Waals surface area contributed by atoms with Crippen LogP contribution in [-0.2, 0) is 26.8 Å². The number of amides is 3. The van der Waals surface area contributed by atoms with Gasteiger partial charge in [0.05, 0.1) is 46.8 Å². The van der Waals surface area contributed by atoms with E-state index in [9.17, 15) is 28.1 Å². The minimum atomic E-state index is -4.03. The molecule has 3 aliphatic heterocycles. The van der Waals surface area contributed by atoms with Crippen LogP contribution in [0.25, 0.3) is 21.8 Å². The van der Waals surface area contributed by atoms with E-state index in [1.807, 2.05) is 11.0 Å². The first-order chi connectivity index (χ1) is 30.3. The largest absolute Gasteiger partial charge is 0.453 e. The highest BCUT2D eigenvalue weighted by Crippen LogP contribution is 2.36. The van der Waals surface area contributed by atoms with Gasteiger partial charge in [0.2, 0.25) is 5.91 Å². The number of imide groups is 1. The third kappa shape index (κ3) is 8.75. The van der Waals surface area contributed by atoms with Gasteiger partial charge in [-0.15, -0.1) is 0 Å². The summed E-state index contributed by atoms with van der Waals surface area (Å²) in [7, 11) is -0.931. The Hall–Kier alpha value is -6.21. The Bertz CT molecular complexity index is 2800. The van der Waals surface area contributed by atoms with Crippen LogP contribution in [0.5, 0.6) is 11.5 Å². The van der Waals surface area contributed by atoms with Gasteiger partial charge in [0.1, 0.15) is 23.2 Å². The number of anilines is 3. The van der Waals surface area contributed by atoms with Crippen molar-refractivity contribution >= 4 is 61.1 Å². The van der Waals surface area contributed by atoms with Gasteiger partial charge in [-0.05, 0) is 68.1 Å². The number of piperazine rings is 1. The second-order valence-electron chi connectivity index (χ2n) is 15.8. The first kappa shape index (κ1) is 43.4. The SMILES string of the molecule is CCN(C)S(=O)(=O)Nc1ccc(F)c(Oc2ccc3ncn([C@@H]4CCCC(N5CCN(c6cc7c(cc6F)c(N6CCC(=O)NC6=O)nn7C)CC5)CCOC4)c(=O)c3c2)c1C#N. The van der Waals surface area contributed by atoms with Crippen molar-refractivity contribution in [2.45, 2.75) is 51.1 Å². The van der Waals surface area contributed by atoms with Gasteiger partial charge in [0.25, 0.3) is 5.56 Å². The number of nitriles is 1. The van der Waals surface area contributed by atoms with Crippen molar-refractivity contribution in [2.24, 2.45) is 7.05 Å². The number of hydrogen-bond acceptors (Lipinski definition) is 12. The zero-order valence-corrected chi connectivity index (χ0v) is 35.8. The van der Waals surface area contributed by atoms with Crippen molar-refractivity contribution in [3.63, 3.8) is 0 Å². The molecule has 18 nitrogen and oxygen atoms in total. The van der Waals surface area contributed by atoms with Crippen molar-refractivity contribution in [2.75, 3.05) is 74.1 Å². The molecule has 3 fully saturated rings. The minimum Gasteiger partial charge on any atom is -0.453 e. The van der Waals surface area contributed by atoms with Crippen LogP contribution in [0.1, 0.15) is 50.6 Å². The molecule has 2 aromatic heterocycles. The van der Waals surface area contributed by atoms with Gasteiger partial charge in [-0.3, -0.25) is 38.7 Å². The maximum atomic E-state index is 15.8. The zero-order valence-electron chi connectivity index (χ0n) is 35.0. The van der Waals surface area contributed by atoms with Gasteiger partial charge in [0.15, 0.2) is 17.4 Å². The minimum absolute atomic E-state index is 0.0475. The first-order valence-corrected chi connectivity index (χ1v) is 22.2. The van der Waals surface area contributed by atoms with Crippen LogP contribution in [0.4, 0.5) is 30.8 Å². The number of nitrogens with one attached hydrogen (secondary N) is 2. The van der Waals surface area contributed by atoms with E-state index in [1.54, 1.807) is 35.4 Å². The fourth-order valence-corrected chi connectivity index (χ4v) is 9.36. The average molecular weight is 888 g/mol. The van der Waals surface area contributed by atoms with Crippen LogP contribution >= 0.6 is 0 Å². The normalized spacial score (nSPS) is 19.4. The standard InChI is InChI=1S/C42H47F2N11O7S/c1-4-50(2)63(59,60)49-35-11-9-32(43)39(31(35)23-45)62-28-8-10-34-29(20-28)41(57)55(25-46-34)27-7-5-6-26(13-19-61-24-27)52-15-17-53(18-16-52)37-22-36-30(21-33(37)44)40(48-51(36)3)54-14-12-38(56)47-42(54)58/h8-11,20-22,25-27,49H,4-7,12-19,24H2,1-3H3,(H,47,56,58)/t26?,27-/m1/s1. The Labute approximate surface area is 361 Å². The van der Waals surface area contributed by atoms with E-state index < -0.39 is 33.6 Å². The quantitative estimate of drug-likeness (QED) is 0.198. The van der Waals surface area contributed by atoms with E-state index in [2.05, 4.69) is 25.0 Å². The smallest absolute Gasteiger partial charge is 0.329 e. The zero-order chi connectivity index (χ0) is 44.6. The lowest BCUT2D eigenvalue weighted by Gasteiger charge is -2.40. The van der Waals surface area contributed by atoms with Crippen molar-refractivity contribution in [1.82, 2.24) is 33.9 Å². The van der Waals surface area contributed by atoms with Crippen LogP contribution in [0.15, 0.2) is 53.6 Å². The summed E-state index contributed by atoms with van der Waals surface area (Å²) < 4.78 is 74.8. The van der Waals surface area contributed by atoms with E-state index in [4.69, 9.17) is 9.47 Å². The van der Waals surface area contributed by atoms with Crippen LogP contribution < -0.4 is 30.1 Å². The summed E-state index contributed by atoms with van der Waals surface area (Å²) >= 11 is 0. The number of fused-ring (bicyclic) bond motifs is 2. The Morgan fingerprint density at radius 3 is 2.52 bits per heavy atom. The molecule has 0 aliphatic carbocycles. The van der Waals surface area contributed by atoms with E-state index in [0.29, 0.717) is 67.1 Å². The highest BCUT2D eigenvalue weighted by atomic mass is 32.2. The monoisotopic (exact) mass is 887 g/mol. The number of aryl methyl sites for hydroxylation is 1. The van der Waals surface area contributed by atoms with Crippen LogP contribution in [-0.4, -0.2) is 114 Å². The number of urea groups is 1. The molecule has 63 heavy (non-hydrogen) atoms. The predicted molar refractivity (Wildman–Crippen MR) is 230 cm³/mol. The summed E-state index contributed by atoms with van der Waals surface area (Å²) in [6.07, 6.45) is 4.71. The van der Waals surface area contributed by atoms with Gasteiger partial charge in [0, 0.05) is 77.8 Å². The van der Waals surface area contributed by atoms with Crippen molar-refractivity contribution in [1.29, 1.82) is 5.26 Å². The Morgan fingerprint density at radius 1 is 1.00 bits per heavy atom. The highest BCUT2D eigenvalue weighted by Gasteiger charge is 2.31. The molecule has 3 saturated heterocycles. The van der Waals surface area contributed by atoms with Crippen molar-refractivity contribution in [3.05, 3.63) is 76.3 Å². The van der Waals surface area contributed by atoms with Gasteiger partial charge in [-0.2, -0.15) is 23.1 Å². The third-order valence-electron chi connectivity index (χ3n) is 12.0. The van der Waals surface area contributed by atoms with Gasteiger partial charge in [-0.25, -0.2) is 18.6 Å². The first-order valence-electron chi connectivity index (χ1n) is 20.8. The Kier molecular flexibility index (Phi) is 12.3. The maximum Gasteiger partial charge on any atom is 0.329 e. The second kappa shape index (κ2) is 17.9. The Balaban J connectivity index is 0.922. The fourth-order valence-electron chi connectivity index (χ4n) is 8.42. The molecule has 5 heterocycles. The molecule has 0 radical (unpaired) electrons. The number of carbonyl (C=O) groups is 2. The number of ether oxygens (including phenoxy) is 2. The van der Waals surface area contributed by atoms with Crippen molar-refractivity contribution in [3.8, 4) is 17.6 Å². The number of hydrogen-bond donors (Lipinski definition) is 2. The molecule has 8 rings (SSSR count). The van der Waals surface area contributed by atoms with E-state index in [-0.39, 0.29) is 72.1 Å². The summed E-state index contributed by atoms with van der Waals surface area (Å²) in [5, 5.41) is 17.4. The third-order valence-corrected chi connectivity index (χ3v) is 13.6. The summed E-state index contributed by atoms with van der Waals surface area (Å²) in [6.45, 7) is 5.33. The predicted octanol–water partition coefficient (Wildman–Crippen LogP) is 4.60. The van der Waals surface area contributed by atoms with Crippen molar-refractivity contribution < 1.29 is 36.3 Å². The molecular weight excluding hydrogens is 841 g/mol. The Morgan fingerprint density at radius 2 is 1.78 bits per heavy atom. The molecule has 3 aliphatic rings. The molecular formula is C42H47F2N11O7S. The number of nitrogens with zero attached hydrogens (tertiary/aromatic N) is 9. The molecule has 3 amide bonds. The number of carbonyl (C=O) groups excluding carboxylic acids is 2.